The number of rotatable bonds is 6. The van der Waals surface area contributed by atoms with Crippen LogP contribution in [-0.4, -0.2) is 28.5 Å². The Hall–Kier alpha value is -2.63. The molecule has 0 saturated heterocycles. The van der Waals surface area contributed by atoms with E-state index in [-0.39, 0.29) is 30.5 Å². The smallest absolute Gasteiger partial charge is 0.303 e. The van der Waals surface area contributed by atoms with Crippen molar-refractivity contribution in [2.75, 3.05) is 6.54 Å². The van der Waals surface area contributed by atoms with Crippen molar-refractivity contribution < 1.29 is 19.1 Å². The molecule has 1 aromatic carbocycles. The Kier molecular flexibility index (Phi) is 4.93. The zero-order chi connectivity index (χ0) is 16.1. The molecule has 6 heteroatoms. The number of benzene rings is 1. The number of aliphatic carboxylic acids is 1. The van der Waals surface area contributed by atoms with Gasteiger partial charge in [0.1, 0.15) is 0 Å². The second-order valence-electron chi connectivity index (χ2n) is 5.19. The van der Waals surface area contributed by atoms with Gasteiger partial charge in [0.15, 0.2) is 17.3 Å². The summed E-state index contributed by atoms with van der Waals surface area (Å²) in [6.07, 6.45) is 0.00364. The normalized spacial score (nSPS) is 11.9. The number of amides is 1. The lowest BCUT2D eigenvalue weighted by molar-refractivity contribution is -0.137. The molecule has 1 heterocycles. The zero-order valence-corrected chi connectivity index (χ0v) is 12.5. The summed E-state index contributed by atoms with van der Waals surface area (Å²) in [4.78, 5) is 27.0. The molecule has 0 spiro atoms. The highest BCUT2D eigenvalue weighted by molar-refractivity contribution is 5.97. The first-order chi connectivity index (χ1) is 10.5. The van der Waals surface area contributed by atoms with Crippen LogP contribution >= 0.6 is 0 Å². The fraction of sp³-hybridized carbons (Fsp3) is 0.312. The number of carbonyl (C=O) groups is 2. The van der Waals surface area contributed by atoms with Crippen molar-refractivity contribution in [3.8, 4) is 11.3 Å². The Morgan fingerprint density at radius 3 is 2.64 bits per heavy atom. The first-order valence-electron chi connectivity index (χ1n) is 7.00. The monoisotopic (exact) mass is 302 g/mol. The van der Waals surface area contributed by atoms with Crippen molar-refractivity contribution in [3.63, 3.8) is 0 Å². The molecule has 0 bridgehead atoms. The van der Waals surface area contributed by atoms with Crippen molar-refractivity contribution in [1.82, 2.24) is 10.3 Å². The van der Waals surface area contributed by atoms with Crippen molar-refractivity contribution >= 4 is 11.9 Å². The third-order valence-corrected chi connectivity index (χ3v) is 3.12. The number of hydrogen-bond donors (Lipinski definition) is 2. The molecule has 0 aliphatic rings. The number of nitrogens with zero attached hydrogens (tertiary/aromatic N) is 1. The van der Waals surface area contributed by atoms with Gasteiger partial charge >= 0.3 is 5.97 Å². The van der Waals surface area contributed by atoms with Gasteiger partial charge in [-0.25, -0.2) is 4.98 Å². The number of aromatic nitrogens is 1. The summed E-state index contributed by atoms with van der Waals surface area (Å²) in [6, 6.07) is 9.25. The number of carboxylic acids is 1. The summed E-state index contributed by atoms with van der Waals surface area (Å²) in [6.45, 7) is 3.71. The van der Waals surface area contributed by atoms with Crippen LogP contribution in [0, 0.1) is 12.8 Å². The number of carbonyl (C=O) groups excluding carboxylic acids is 1. The van der Waals surface area contributed by atoms with E-state index < -0.39 is 5.97 Å². The molecule has 1 atom stereocenters. The van der Waals surface area contributed by atoms with Crippen LogP contribution in [-0.2, 0) is 4.79 Å². The Balaban J connectivity index is 2.12. The number of hydrogen-bond acceptors (Lipinski definition) is 4. The lowest BCUT2D eigenvalue weighted by Crippen LogP contribution is -2.29. The predicted molar refractivity (Wildman–Crippen MR) is 80.4 cm³/mol. The van der Waals surface area contributed by atoms with Gasteiger partial charge in [-0.3, -0.25) is 9.59 Å². The second-order valence-corrected chi connectivity index (χ2v) is 5.19. The van der Waals surface area contributed by atoms with E-state index in [1.165, 1.54) is 0 Å². The molecule has 2 rings (SSSR count). The third kappa shape index (κ3) is 3.94. The summed E-state index contributed by atoms with van der Waals surface area (Å²) in [5, 5.41) is 11.4. The fourth-order valence-electron chi connectivity index (χ4n) is 2.09. The molecule has 116 valence electrons. The molecule has 0 fully saturated rings. The maximum absolute atomic E-state index is 12.3. The predicted octanol–water partition coefficient (Wildman–Crippen LogP) is 2.49. The summed E-state index contributed by atoms with van der Waals surface area (Å²) in [5.74, 6) is -0.587. The average molecular weight is 302 g/mol. The lowest BCUT2D eigenvalue weighted by Gasteiger charge is -2.09. The van der Waals surface area contributed by atoms with E-state index in [0.717, 1.165) is 5.56 Å². The van der Waals surface area contributed by atoms with Crippen LogP contribution in [0.15, 0.2) is 34.7 Å². The van der Waals surface area contributed by atoms with E-state index in [2.05, 4.69) is 10.3 Å². The molecule has 1 unspecified atom stereocenters. The van der Waals surface area contributed by atoms with Gasteiger partial charge in [0.05, 0.1) is 0 Å². The molecule has 0 radical (unpaired) electrons. The van der Waals surface area contributed by atoms with Crippen LogP contribution in [0.4, 0.5) is 0 Å². The minimum Gasteiger partial charge on any atom is -0.481 e. The largest absolute Gasteiger partial charge is 0.481 e. The van der Waals surface area contributed by atoms with Gasteiger partial charge in [0.2, 0.25) is 0 Å². The number of oxazole rings is 1. The zero-order valence-electron chi connectivity index (χ0n) is 12.5. The maximum atomic E-state index is 12.3. The first kappa shape index (κ1) is 15.8. The maximum Gasteiger partial charge on any atom is 0.303 e. The van der Waals surface area contributed by atoms with Gasteiger partial charge in [-0.1, -0.05) is 37.3 Å². The van der Waals surface area contributed by atoms with Crippen LogP contribution in [0.5, 0.6) is 0 Å². The molecule has 0 aliphatic heterocycles. The van der Waals surface area contributed by atoms with E-state index in [1.54, 1.807) is 13.8 Å². The molecular formula is C16H18N2O4. The second kappa shape index (κ2) is 6.89. The highest BCUT2D eigenvalue weighted by Crippen LogP contribution is 2.24. The molecule has 0 saturated carbocycles. The van der Waals surface area contributed by atoms with Crippen LogP contribution in [0.2, 0.25) is 0 Å². The summed E-state index contributed by atoms with van der Waals surface area (Å²) >= 11 is 0. The fourth-order valence-corrected chi connectivity index (χ4v) is 2.09. The minimum absolute atomic E-state index is 0.00364. The van der Waals surface area contributed by atoms with Crippen molar-refractivity contribution in [1.29, 1.82) is 0 Å². The van der Waals surface area contributed by atoms with Gasteiger partial charge in [-0.2, -0.15) is 0 Å². The van der Waals surface area contributed by atoms with Crippen LogP contribution in [0.25, 0.3) is 11.3 Å². The van der Waals surface area contributed by atoms with E-state index in [9.17, 15) is 9.59 Å². The van der Waals surface area contributed by atoms with E-state index in [1.807, 2.05) is 30.3 Å². The molecule has 22 heavy (non-hydrogen) atoms. The molecular weight excluding hydrogens is 284 g/mol. The molecule has 2 N–H and O–H groups in total. The molecule has 0 aliphatic carbocycles. The highest BCUT2D eigenvalue weighted by atomic mass is 16.4. The Labute approximate surface area is 128 Å². The highest BCUT2D eigenvalue weighted by Gasteiger charge is 2.20. The van der Waals surface area contributed by atoms with Gasteiger partial charge in [-0.05, 0) is 5.92 Å². The molecule has 1 amide bonds. The third-order valence-electron chi connectivity index (χ3n) is 3.12. The van der Waals surface area contributed by atoms with Gasteiger partial charge in [-0.15, -0.1) is 0 Å². The van der Waals surface area contributed by atoms with Gasteiger partial charge in [0, 0.05) is 25.5 Å². The quantitative estimate of drug-likeness (QED) is 0.855. The van der Waals surface area contributed by atoms with Crippen molar-refractivity contribution in [2.45, 2.75) is 20.3 Å². The molecule has 6 nitrogen and oxygen atoms in total. The van der Waals surface area contributed by atoms with E-state index in [4.69, 9.17) is 9.52 Å². The van der Waals surface area contributed by atoms with Crippen molar-refractivity contribution in [2.24, 2.45) is 5.92 Å². The molecule has 2 aromatic rings. The van der Waals surface area contributed by atoms with Gasteiger partial charge in [0.25, 0.3) is 5.91 Å². The summed E-state index contributed by atoms with van der Waals surface area (Å²) < 4.78 is 5.53. The van der Waals surface area contributed by atoms with Crippen LogP contribution in [0.1, 0.15) is 29.7 Å². The summed E-state index contributed by atoms with van der Waals surface area (Å²) in [7, 11) is 0. The Morgan fingerprint density at radius 1 is 1.32 bits per heavy atom. The van der Waals surface area contributed by atoms with E-state index in [0.29, 0.717) is 11.7 Å². The standard InChI is InChI=1S/C16H18N2O4/c1-10(8-13(19)20)9-17-16(21)14-15(22-11(2)18-14)12-6-4-3-5-7-12/h3-7,10H,8-9H2,1-2H3,(H,17,21)(H,19,20). The molecule has 1 aromatic heterocycles. The van der Waals surface area contributed by atoms with Crippen LogP contribution < -0.4 is 5.32 Å². The SMILES string of the molecule is Cc1nc(C(=O)NCC(C)CC(=O)O)c(-c2ccccc2)o1. The number of nitrogens with one attached hydrogen (secondary N) is 1. The average Bonchev–Trinajstić information content (AvgIpc) is 2.87. The summed E-state index contributed by atoms with van der Waals surface area (Å²) in [5.41, 5.74) is 0.984. The van der Waals surface area contributed by atoms with Crippen LogP contribution in [0.3, 0.4) is 0 Å². The Morgan fingerprint density at radius 2 is 2.00 bits per heavy atom. The Bertz CT molecular complexity index is 664. The van der Waals surface area contributed by atoms with Crippen molar-refractivity contribution in [3.05, 3.63) is 41.9 Å². The lowest BCUT2D eigenvalue weighted by atomic mass is 10.1. The minimum atomic E-state index is -0.885. The number of carboxylic acid groups (broad SMARTS) is 1. The first-order valence-corrected chi connectivity index (χ1v) is 7.00. The number of aryl methyl sites for hydroxylation is 1. The van der Waals surface area contributed by atoms with E-state index >= 15 is 0 Å². The van der Waals surface area contributed by atoms with Gasteiger partial charge < -0.3 is 14.8 Å². The topological polar surface area (TPSA) is 92.4 Å².